The van der Waals surface area contributed by atoms with Crippen LogP contribution in [0.4, 0.5) is 11.4 Å². The Labute approximate surface area is 210 Å². The Bertz CT molecular complexity index is 1540. The maximum absolute atomic E-state index is 13.4. The smallest absolute Gasteiger partial charge is 0.311 e. The number of rotatable bonds is 8. The Kier molecular flexibility index (Phi) is 7.20. The third kappa shape index (κ3) is 4.86. The third-order valence-electron chi connectivity index (χ3n) is 5.40. The number of thioether (sulfide) groups is 1. The summed E-state index contributed by atoms with van der Waals surface area (Å²) in [6.45, 7) is 1.65. The number of nitro benzene ring substituents is 1. The molecule has 0 saturated carbocycles. The van der Waals surface area contributed by atoms with Crippen LogP contribution in [0, 0.1) is 17.0 Å². The van der Waals surface area contributed by atoms with Crippen LogP contribution in [-0.2, 0) is 4.79 Å². The number of hydrogen-bond donors (Lipinski definition) is 1. The zero-order valence-electron chi connectivity index (χ0n) is 19.7. The van der Waals surface area contributed by atoms with E-state index in [0.29, 0.717) is 38.7 Å². The van der Waals surface area contributed by atoms with Crippen LogP contribution in [0.5, 0.6) is 11.5 Å². The normalized spacial score (nSPS) is 10.8. The van der Waals surface area contributed by atoms with Gasteiger partial charge in [-0.1, -0.05) is 36.0 Å². The highest BCUT2D eigenvalue weighted by molar-refractivity contribution is 7.99. The molecule has 0 spiro atoms. The van der Waals surface area contributed by atoms with Gasteiger partial charge in [0.1, 0.15) is 5.75 Å². The number of benzene rings is 3. The fraction of sp³-hybridized carbons (Fsp3) is 0.160. The summed E-state index contributed by atoms with van der Waals surface area (Å²) in [7, 11) is 2.83. The molecule has 0 atom stereocenters. The van der Waals surface area contributed by atoms with Gasteiger partial charge >= 0.3 is 5.69 Å². The number of fused-ring (bicyclic) bond motifs is 1. The molecule has 0 aliphatic heterocycles. The van der Waals surface area contributed by atoms with Gasteiger partial charge in [-0.05, 0) is 36.8 Å². The molecule has 0 radical (unpaired) electrons. The average Bonchev–Trinajstić information content (AvgIpc) is 2.88. The molecule has 0 aliphatic rings. The predicted octanol–water partition coefficient (Wildman–Crippen LogP) is 4.35. The third-order valence-corrected chi connectivity index (χ3v) is 6.34. The number of amides is 1. The molecule has 1 heterocycles. The Morgan fingerprint density at radius 3 is 2.50 bits per heavy atom. The lowest BCUT2D eigenvalue weighted by molar-refractivity contribution is -0.385. The van der Waals surface area contributed by atoms with Gasteiger partial charge in [0, 0.05) is 17.8 Å². The lowest BCUT2D eigenvalue weighted by atomic mass is 10.1. The van der Waals surface area contributed by atoms with Crippen LogP contribution in [0.25, 0.3) is 16.6 Å². The van der Waals surface area contributed by atoms with Crippen LogP contribution >= 0.6 is 11.8 Å². The average molecular weight is 507 g/mol. The van der Waals surface area contributed by atoms with Gasteiger partial charge in [-0.25, -0.2) is 4.98 Å². The minimum atomic E-state index is -0.546. The highest BCUT2D eigenvalue weighted by atomic mass is 32.2. The predicted molar refractivity (Wildman–Crippen MR) is 138 cm³/mol. The quantitative estimate of drug-likeness (QED) is 0.162. The summed E-state index contributed by atoms with van der Waals surface area (Å²) < 4.78 is 12.0. The van der Waals surface area contributed by atoms with Crippen LogP contribution < -0.4 is 20.3 Å². The van der Waals surface area contributed by atoms with Gasteiger partial charge in [0.2, 0.25) is 5.91 Å². The first-order chi connectivity index (χ1) is 17.3. The van der Waals surface area contributed by atoms with E-state index in [1.807, 2.05) is 0 Å². The molecule has 0 unspecified atom stereocenters. The van der Waals surface area contributed by atoms with Crippen LogP contribution in [0.2, 0.25) is 0 Å². The minimum Gasteiger partial charge on any atom is -0.495 e. The Morgan fingerprint density at radius 1 is 1.08 bits per heavy atom. The zero-order chi connectivity index (χ0) is 25.8. The summed E-state index contributed by atoms with van der Waals surface area (Å²) in [6.07, 6.45) is 0. The number of ether oxygens (including phenoxy) is 2. The molecule has 0 fully saturated rings. The van der Waals surface area contributed by atoms with E-state index in [1.54, 1.807) is 55.5 Å². The minimum absolute atomic E-state index is 0.0368. The van der Waals surface area contributed by atoms with Gasteiger partial charge in [-0.3, -0.25) is 24.3 Å². The van der Waals surface area contributed by atoms with E-state index in [2.05, 4.69) is 10.3 Å². The lowest BCUT2D eigenvalue weighted by Gasteiger charge is -2.16. The second-order valence-electron chi connectivity index (χ2n) is 7.66. The Balaban J connectivity index is 1.67. The summed E-state index contributed by atoms with van der Waals surface area (Å²) in [5, 5.41) is 14.7. The van der Waals surface area contributed by atoms with Crippen LogP contribution in [0.1, 0.15) is 5.56 Å². The summed E-state index contributed by atoms with van der Waals surface area (Å²) >= 11 is 1.09. The second-order valence-corrected chi connectivity index (χ2v) is 8.60. The molecular weight excluding hydrogens is 484 g/mol. The molecule has 0 bridgehead atoms. The number of para-hydroxylation sites is 3. The molecule has 36 heavy (non-hydrogen) atoms. The molecule has 1 aromatic heterocycles. The number of hydrogen-bond acceptors (Lipinski definition) is 8. The molecule has 184 valence electrons. The summed E-state index contributed by atoms with van der Waals surface area (Å²) in [5.41, 5.74) is 1.43. The standard InChI is InChI=1S/C25H22N4O6S/c1-15-12-20(29(32)33)22(35-3)13-18(15)26-23(30)14-36-25-27-17-9-5-4-8-16(17)24(31)28(25)19-10-6-7-11-21(19)34-2/h4-13H,14H2,1-3H3,(H,26,30). The van der Waals surface area contributed by atoms with Crippen molar-refractivity contribution in [2.75, 3.05) is 25.3 Å². The number of nitrogens with one attached hydrogen (secondary N) is 1. The maximum Gasteiger partial charge on any atom is 0.311 e. The van der Waals surface area contributed by atoms with Gasteiger partial charge in [0.05, 0.1) is 41.5 Å². The number of carbonyl (C=O) groups excluding carboxylic acids is 1. The number of carbonyl (C=O) groups is 1. The summed E-state index contributed by atoms with van der Waals surface area (Å²) in [4.78, 5) is 41.6. The van der Waals surface area contributed by atoms with Crippen molar-refractivity contribution in [3.63, 3.8) is 0 Å². The number of nitro groups is 1. The van der Waals surface area contributed by atoms with E-state index < -0.39 is 4.92 Å². The first-order valence-electron chi connectivity index (χ1n) is 10.7. The van der Waals surface area contributed by atoms with Crippen molar-refractivity contribution < 1.29 is 19.2 Å². The number of aromatic nitrogens is 2. The first kappa shape index (κ1) is 24.7. The summed E-state index contributed by atoms with van der Waals surface area (Å²) in [6, 6.07) is 16.8. The Morgan fingerprint density at radius 2 is 1.78 bits per heavy atom. The van der Waals surface area contributed by atoms with Crippen molar-refractivity contribution in [3.8, 4) is 17.2 Å². The van der Waals surface area contributed by atoms with Crippen molar-refractivity contribution >= 4 is 39.9 Å². The number of aryl methyl sites for hydroxylation is 1. The molecule has 0 saturated heterocycles. The van der Waals surface area contributed by atoms with Gasteiger partial charge < -0.3 is 14.8 Å². The molecular formula is C25H22N4O6S. The monoisotopic (exact) mass is 506 g/mol. The highest BCUT2D eigenvalue weighted by Crippen LogP contribution is 2.33. The molecule has 11 heteroatoms. The zero-order valence-corrected chi connectivity index (χ0v) is 20.5. The molecule has 4 aromatic rings. The fourth-order valence-corrected chi connectivity index (χ4v) is 4.47. The lowest BCUT2D eigenvalue weighted by Crippen LogP contribution is -2.23. The molecule has 1 N–H and O–H groups in total. The van der Waals surface area contributed by atoms with Crippen molar-refractivity contribution in [3.05, 3.63) is 86.7 Å². The van der Waals surface area contributed by atoms with Crippen LogP contribution in [0.15, 0.2) is 70.6 Å². The number of anilines is 1. The number of methoxy groups -OCH3 is 2. The second kappa shape index (κ2) is 10.5. The van der Waals surface area contributed by atoms with Crippen LogP contribution in [-0.4, -0.2) is 40.4 Å². The van der Waals surface area contributed by atoms with Gasteiger partial charge in [-0.15, -0.1) is 0 Å². The van der Waals surface area contributed by atoms with E-state index in [-0.39, 0.29) is 28.7 Å². The summed E-state index contributed by atoms with van der Waals surface area (Å²) in [5.74, 6) is 0.0675. The van der Waals surface area contributed by atoms with E-state index in [4.69, 9.17) is 9.47 Å². The fourth-order valence-electron chi connectivity index (χ4n) is 3.67. The Hall–Kier alpha value is -4.38. The molecule has 0 aliphatic carbocycles. The van der Waals surface area contributed by atoms with Gasteiger partial charge in [0.15, 0.2) is 10.9 Å². The largest absolute Gasteiger partial charge is 0.495 e. The molecule has 10 nitrogen and oxygen atoms in total. The van der Waals surface area contributed by atoms with Crippen molar-refractivity contribution in [1.29, 1.82) is 0 Å². The van der Waals surface area contributed by atoms with E-state index in [9.17, 15) is 19.7 Å². The van der Waals surface area contributed by atoms with Crippen molar-refractivity contribution in [1.82, 2.24) is 9.55 Å². The highest BCUT2D eigenvalue weighted by Gasteiger charge is 2.20. The van der Waals surface area contributed by atoms with E-state index >= 15 is 0 Å². The van der Waals surface area contributed by atoms with Crippen molar-refractivity contribution in [2.24, 2.45) is 0 Å². The molecule has 1 amide bonds. The van der Waals surface area contributed by atoms with Crippen LogP contribution in [0.3, 0.4) is 0 Å². The SMILES string of the molecule is COc1ccccc1-n1c(SCC(=O)Nc2cc(OC)c([N+](=O)[O-])cc2C)nc2ccccc2c1=O. The van der Waals surface area contributed by atoms with E-state index in [0.717, 1.165) is 11.8 Å². The molecule has 3 aromatic carbocycles. The van der Waals surface area contributed by atoms with E-state index in [1.165, 1.54) is 30.9 Å². The first-order valence-corrected chi connectivity index (χ1v) is 11.7. The van der Waals surface area contributed by atoms with Crippen molar-refractivity contribution in [2.45, 2.75) is 12.1 Å². The molecule has 4 rings (SSSR count). The topological polar surface area (TPSA) is 126 Å². The van der Waals surface area contributed by atoms with Gasteiger partial charge in [0.25, 0.3) is 5.56 Å². The number of nitrogens with zero attached hydrogens (tertiary/aromatic N) is 3. The van der Waals surface area contributed by atoms with Gasteiger partial charge in [-0.2, -0.15) is 0 Å². The maximum atomic E-state index is 13.4.